The van der Waals surface area contributed by atoms with E-state index in [2.05, 4.69) is 5.32 Å². The zero-order chi connectivity index (χ0) is 14.5. The maximum atomic E-state index is 11.7. The molecule has 0 atom stereocenters. The molecule has 0 unspecified atom stereocenters. The minimum Gasteiger partial charge on any atom is -0.508 e. The van der Waals surface area contributed by atoms with Crippen LogP contribution in [0.25, 0.3) is 0 Å². The number of phenolic OH excluding ortho intramolecular Hbond substituents is 1. The lowest BCUT2D eigenvalue weighted by Gasteiger charge is -2.21. The number of carbonyl (C=O) groups excluding carboxylic acids is 1. The van der Waals surface area contributed by atoms with Gasteiger partial charge in [0.25, 0.3) is 0 Å². The molecule has 104 valence electrons. The van der Waals surface area contributed by atoms with Crippen LogP contribution in [0.15, 0.2) is 24.3 Å². The fourth-order valence-electron chi connectivity index (χ4n) is 1.82. The third-order valence-corrected chi connectivity index (χ3v) is 2.74. The van der Waals surface area contributed by atoms with E-state index in [1.165, 1.54) is 0 Å². The van der Waals surface area contributed by atoms with Crippen molar-refractivity contribution in [3.8, 4) is 5.75 Å². The molecular weight excluding hydrogens is 246 g/mol. The molecule has 3 N–H and O–H groups in total. The van der Waals surface area contributed by atoms with Gasteiger partial charge in [-0.25, -0.2) is 0 Å². The molecular formula is C14H19NO4. The standard InChI is InChI=1S/C14H19NO4/c1-14(2,8-13(18)19)7-12(17)15-9-10-5-3-4-6-11(10)16/h3-6,16H,7-9H2,1-2H3,(H,15,17)(H,18,19). The summed E-state index contributed by atoms with van der Waals surface area (Å²) in [7, 11) is 0. The fourth-order valence-corrected chi connectivity index (χ4v) is 1.82. The molecule has 0 aliphatic rings. The third-order valence-electron chi connectivity index (χ3n) is 2.74. The number of nitrogens with one attached hydrogen (secondary N) is 1. The van der Waals surface area contributed by atoms with Gasteiger partial charge in [0.05, 0.1) is 6.42 Å². The Morgan fingerprint density at radius 1 is 1.21 bits per heavy atom. The maximum absolute atomic E-state index is 11.7. The van der Waals surface area contributed by atoms with Crippen molar-refractivity contribution in [3.05, 3.63) is 29.8 Å². The van der Waals surface area contributed by atoms with Gasteiger partial charge in [0, 0.05) is 18.5 Å². The first-order valence-electron chi connectivity index (χ1n) is 6.05. The van der Waals surface area contributed by atoms with E-state index < -0.39 is 11.4 Å². The molecule has 0 fully saturated rings. The summed E-state index contributed by atoms with van der Waals surface area (Å²) in [6.45, 7) is 3.70. The second-order valence-electron chi connectivity index (χ2n) is 5.32. The third kappa shape index (κ3) is 5.42. The number of carboxylic acid groups (broad SMARTS) is 1. The summed E-state index contributed by atoms with van der Waals surface area (Å²) < 4.78 is 0. The largest absolute Gasteiger partial charge is 0.508 e. The van der Waals surface area contributed by atoms with Crippen LogP contribution in [0.4, 0.5) is 0 Å². The van der Waals surface area contributed by atoms with E-state index in [0.29, 0.717) is 5.56 Å². The Hall–Kier alpha value is -2.04. The number of para-hydroxylation sites is 1. The molecule has 0 aliphatic heterocycles. The highest BCUT2D eigenvalue weighted by molar-refractivity contribution is 5.78. The normalized spacial score (nSPS) is 11.1. The highest BCUT2D eigenvalue weighted by Crippen LogP contribution is 2.25. The summed E-state index contributed by atoms with van der Waals surface area (Å²) in [5.74, 6) is -1.01. The van der Waals surface area contributed by atoms with E-state index >= 15 is 0 Å². The Morgan fingerprint density at radius 3 is 2.42 bits per heavy atom. The molecule has 5 heteroatoms. The average molecular weight is 265 g/mol. The molecule has 19 heavy (non-hydrogen) atoms. The summed E-state index contributed by atoms with van der Waals surface area (Å²) in [6, 6.07) is 6.75. The first-order chi connectivity index (χ1) is 8.80. The van der Waals surface area contributed by atoms with E-state index in [1.807, 2.05) is 0 Å². The van der Waals surface area contributed by atoms with Crippen molar-refractivity contribution in [1.29, 1.82) is 0 Å². The van der Waals surface area contributed by atoms with Crippen molar-refractivity contribution in [3.63, 3.8) is 0 Å². The van der Waals surface area contributed by atoms with Gasteiger partial charge in [0.15, 0.2) is 0 Å². The van der Waals surface area contributed by atoms with Gasteiger partial charge >= 0.3 is 5.97 Å². The number of rotatable bonds is 6. The summed E-state index contributed by atoms with van der Waals surface area (Å²) in [6.07, 6.45) is 0.0733. The van der Waals surface area contributed by atoms with Crippen molar-refractivity contribution in [2.45, 2.75) is 33.2 Å². The van der Waals surface area contributed by atoms with Crippen LogP contribution in [0, 0.1) is 5.41 Å². The van der Waals surface area contributed by atoms with E-state index in [4.69, 9.17) is 5.11 Å². The summed E-state index contributed by atoms with van der Waals surface area (Å²) in [5.41, 5.74) is 0.0427. The van der Waals surface area contributed by atoms with E-state index in [1.54, 1.807) is 38.1 Å². The highest BCUT2D eigenvalue weighted by atomic mass is 16.4. The predicted molar refractivity (Wildman–Crippen MR) is 70.6 cm³/mol. The van der Waals surface area contributed by atoms with Gasteiger partial charge in [-0.2, -0.15) is 0 Å². The number of phenols is 1. The smallest absolute Gasteiger partial charge is 0.303 e. The van der Waals surface area contributed by atoms with Gasteiger partial charge in [0.2, 0.25) is 5.91 Å². The first-order valence-corrected chi connectivity index (χ1v) is 6.05. The van der Waals surface area contributed by atoms with Crippen LogP contribution in [0.5, 0.6) is 5.75 Å². The Morgan fingerprint density at radius 2 is 1.84 bits per heavy atom. The summed E-state index contributed by atoms with van der Waals surface area (Å²) >= 11 is 0. The zero-order valence-corrected chi connectivity index (χ0v) is 11.1. The molecule has 0 aromatic heterocycles. The second-order valence-corrected chi connectivity index (χ2v) is 5.32. The minimum absolute atomic E-state index is 0.0585. The van der Waals surface area contributed by atoms with Gasteiger partial charge in [-0.3, -0.25) is 9.59 Å². The number of carboxylic acids is 1. The molecule has 1 aromatic carbocycles. The SMILES string of the molecule is CC(C)(CC(=O)O)CC(=O)NCc1ccccc1O. The zero-order valence-electron chi connectivity index (χ0n) is 11.1. The topological polar surface area (TPSA) is 86.6 Å². The molecule has 0 saturated carbocycles. The van der Waals surface area contributed by atoms with Gasteiger partial charge in [-0.05, 0) is 11.5 Å². The van der Waals surface area contributed by atoms with Gasteiger partial charge < -0.3 is 15.5 Å². The van der Waals surface area contributed by atoms with Crippen molar-refractivity contribution < 1.29 is 19.8 Å². The van der Waals surface area contributed by atoms with E-state index in [-0.39, 0.29) is 31.0 Å². The van der Waals surface area contributed by atoms with Crippen molar-refractivity contribution in [1.82, 2.24) is 5.32 Å². The molecule has 0 aliphatic carbocycles. The lowest BCUT2D eigenvalue weighted by atomic mass is 9.85. The Bertz CT molecular complexity index is 468. The lowest BCUT2D eigenvalue weighted by Crippen LogP contribution is -2.29. The van der Waals surface area contributed by atoms with Gasteiger partial charge in [0.1, 0.15) is 5.75 Å². The molecule has 1 aromatic rings. The summed E-state index contributed by atoms with van der Waals surface area (Å²) in [5, 5.41) is 21.0. The predicted octanol–water partition coefficient (Wildman–Crippen LogP) is 1.90. The van der Waals surface area contributed by atoms with Crippen LogP contribution >= 0.6 is 0 Å². The number of hydrogen-bond donors (Lipinski definition) is 3. The Labute approximate surface area is 112 Å². The fraction of sp³-hybridized carbons (Fsp3) is 0.429. The Kier molecular flexibility index (Phi) is 4.92. The average Bonchev–Trinajstić information content (AvgIpc) is 2.25. The monoisotopic (exact) mass is 265 g/mol. The van der Waals surface area contributed by atoms with Crippen molar-refractivity contribution in [2.75, 3.05) is 0 Å². The minimum atomic E-state index is -0.918. The van der Waals surface area contributed by atoms with Gasteiger partial charge in [-0.1, -0.05) is 32.0 Å². The Balaban J connectivity index is 2.48. The number of aliphatic carboxylic acids is 1. The first kappa shape index (κ1) is 15.0. The number of hydrogen-bond acceptors (Lipinski definition) is 3. The number of aromatic hydroxyl groups is 1. The van der Waals surface area contributed by atoms with Crippen LogP contribution in [-0.4, -0.2) is 22.1 Å². The van der Waals surface area contributed by atoms with Crippen LogP contribution in [0.3, 0.4) is 0 Å². The molecule has 0 bridgehead atoms. The van der Waals surface area contributed by atoms with Crippen molar-refractivity contribution >= 4 is 11.9 Å². The molecule has 0 spiro atoms. The quantitative estimate of drug-likeness (QED) is 0.733. The molecule has 0 saturated heterocycles. The maximum Gasteiger partial charge on any atom is 0.303 e. The molecule has 1 rings (SSSR count). The van der Waals surface area contributed by atoms with Gasteiger partial charge in [-0.15, -0.1) is 0 Å². The molecule has 0 heterocycles. The van der Waals surface area contributed by atoms with Crippen LogP contribution < -0.4 is 5.32 Å². The van der Waals surface area contributed by atoms with Crippen LogP contribution in [-0.2, 0) is 16.1 Å². The molecule has 0 radical (unpaired) electrons. The molecule has 1 amide bonds. The number of carbonyl (C=O) groups is 2. The van der Waals surface area contributed by atoms with Crippen molar-refractivity contribution in [2.24, 2.45) is 5.41 Å². The van der Waals surface area contributed by atoms with Crippen LogP contribution in [0.1, 0.15) is 32.3 Å². The lowest BCUT2D eigenvalue weighted by molar-refractivity contribution is -0.139. The highest BCUT2D eigenvalue weighted by Gasteiger charge is 2.25. The summed E-state index contributed by atoms with van der Waals surface area (Å²) in [4.78, 5) is 22.4. The van der Waals surface area contributed by atoms with Crippen LogP contribution in [0.2, 0.25) is 0 Å². The molecule has 5 nitrogen and oxygen atoms in total. The number of amides is 1. The van der Waals surface area contributed by atoms with E-state index in [0.717, 1.165) is 0 Å². The van der Waals surface area contributed by atoms with E-state index in [9.17, 15) is 14.7 Å². The number of benzene rings is 1. The second kappa shape index (κ2) is 6.22.